The molecule has 0 N–H and O–H groups in total. The molecule has 1 saturated carbocycles. The highest BCUT2D eigenvalue weighted by molar-refractivity contribution is 5.73. The molecule has 3 rings (SSSR count). The van der Waals surface area contributed by atoms with Crippen molar-refractivity contribution < 1.29 is 4.79 Å². The molecule has 0 aromatic rings. The fraction of sp³-hybridized carbons (Fsp3) is 0.947. The molecule has 2 aliphatic heterocycles. The van der Waals surface area contributed by atoms with E-state index in [-0.39, 0.29) is 0 Å². The summed E-state index contributed by atoms with van der Waals surface area (Å²) < 4.78 is 0. The second-order valence-corrected chi connectivity index (χ2v) is 8.29. The van der Waals surface area contributed by atoms with Crippen LogP contribution in [0.1, 0.15) is 65.2 Å². The van der Waals surface area contributed by atoms with Crippen molar-refractivity contribution in [1.29, 1.82) is 0 Å². The van der Waals surface area contributed by atoms with Crippen LogP contribution in [0.4, 0.5) is 0 Å². The molecule has 1 aliphatic carbocycles. The third kappa shape index (κ3) is 3.34. The summed E-state index contributed by atoms with van der Waals surface area (Å²) in [6.07, 6.45) is 10.6. The maximum Gasteiger partial charge on any atom is 0.219 e. The van der Waals surface area contributed by atoms with Gasteiger partial charge in [-0.2, -0.15) is 0 Å². The predicted octanol–water partition coefficient (Wildman–Crippen LogP) is 3.53. The normalized spacial score (nSPS) is 40.3. The summed E-state index contributed by atoms with van der Waals surface area (Å²) in [5.74, 6) is 2.86. The molecule has 3 aliphatic rings. The molecular weight excluding hydrogens is 272 g/mol. The first-order chi connectivity index (χ1) is 10.6. The Morgan fingerprint density at radius 1 is 1.09 bits per heavy atom. The van der Waals surface area contributed by atoms with Crippen LogP contribution in [0.25, 0.3) is 0 Å². The van der Waals surface area contributed by atoms with Crippen LogP contribution < -0.4 is 0 Å². The van der Waals surface area contributed by atoms with E-state index in [0.717, 1.165) is 30.3 Å². The topological polar surface area (TPSA) is 23.6 Å². The van der Waals surface area contributed by atoms with Crippen LogP contribution in [0, 0.1) is 17.8 Å². The number of nitrogens with zero attached hydrogens (tertiary/aromatic N) is 2. The molecule has 0 bridgehead atoms. The molecule has 2 heterocycles. The van der Waals surface area contributed by atoms with Gasteiger partial charge in [-0.05, 0) is 82.7 Å². The largest absolute Gasteiger partial charge is 0.340 e. The summed E-state index contributed by atoms with van der Waals surface area (Å²) in [5, 5.41) is 0. The van der Waals surface area contributed by atoms with Gasteiger partial charge in [-0.15, -0.1) is 0 Å². The lowest BCUT2D eigenvalue weighted by molar-refractivity contribution is -0.133. The van der Waals surface area contributed by atoms with Gasteiger partial charge in [0.15, 0.2) is 0 Å². The van der Waals surface area contributed by atoms with Crippen LogP contribution in [0.3, 0.4) is 0 Å². The Morgan fingerprint density at radius 3 is 2.68 bits per heavy atom. The number of hydrogen-bond acceptors (Lipinski definition) is 2. The molecule has 0 aromatic heterocycles. The number of carbonyl (C=O) groups is 1. The number of likely N-dealkylation sites (tertiary alicyclic amines) is 2. The lowest BCUT2D eigenvalue weighted by Gasteiger charge is -2.50. The van der Waals surface area contributed by atoms with Gasteiger partial charge < -0.3 is 9.80 Å². The molecule has 3 nitrogen and oxygen atoms in total. The van der Waals surface area contributed by atoms with Gasteiger partial charge in [0.25, 0.3) is 0 Å². The van der Waals surface area contributed by atoms with E-state index in [1.165, 1.54) is 57.9 Å². The minimum Gasteiger partial charge on any atom is -0.340 e. The zero-order valence-corrected chi connectivity index (χ0v) is 14.8. The lowest BCUT2D eigenvalue weighted by Crippen LogP contribution is -2.51. The summed E-state index contributed by atoms with van der Waals surface area (Å²) in [6.45, 7) is 6.48. The standard InChI is InChI=1S/C19H34N2O/c1-14-11-16(18-8-6-9-20(3)19(18)12-14)13-17-7-4-5-10-21(17)15(2)22/h14,16-19H,4-13H2,1-3H3/t14-,16+,17-,18+,19-/m1/s1. The molecule has 0 unspecified atom stereocenters. The third-order valence-electron chi connectivity index (χ3n) is 6.67. The van der Waals surface area contributed by atoms with Crippen molar-refractivity contribution >= 4 is 5.91 Å². The zero-order chi connectivity index (χ0) is 15.7. The molecule has 22 heavy (non-hydrogen) atoms. The smallest absolute Gasteiger partial charge is 0.219 e. The first-order valence-electron chi connectivity index (χ1n) is 9.53. The summed E-state index contributed by atoms with van der Waals surface area (Å²) in [7, 11) is 2.33. The molecule has 126 valence electrons. The van der Waals surface area contributed by atoms with Gasteiger partial charge in [0.05, 0.1) is 0 Å². The first-order valence-corrected chi connectivity index (χ1v) is 9.53. The van der Waals surface area contributed by atoms with Gasteiger partial charge >= 0.3 is 0 Å². The molecule has 5 atom stereocenters. The molecule has 0 spiro atoms. The van der Waals surface area contributed by atoms with Crippen molar-refractivity contribution in [3.63, 3.8) is 0 Å². The summed E-state index contributed by atoms with van der Waals surface area (Å²) >= 11 is 0. The Balaban J connectivity index is 1.70. The maximum absolute atomic E-state index is 12.0. The minimum absolute atomic E-state index is 0.297. The number of hydrogen-bond donors (Lipinski definition) is 0. The van der Waals surface area contributed by atoms with E-state index >= 15 is 0 Å². The summed E-state index contributed by atoms with van der Waals surface area (Å²) in [5.41, 5.74) is 0. The summed E-state index contributed by atoms with van der Waals surface area (Å²) in [6, 6.07) is 1.33. The minimum atomic E-state index is 0.297. The zero-order valence-electron chi connectivity index (χ0n) is 14.8. The Bertz CT molecular complexity index is 397. The average Bonchev–Trinajstić information content (AvgIpc) is 2.49. The molecule has 0 aromatic carbocycles. The fourth-order valence-electron chi connectivity index (χ4n) is 5.65. The highest BCUT2D eigenvalue weighted by Gasteiger charge is 2.41. The Morgan fingerprint density at radius 2 is 1.91 bits per heavy atom. The molecule has 3 fully saturated rings. The van der Waals surface area contributed by atoms with Crippen molar-refractivity contribution in [3.05, 3.63) is 0 Å². The molecular formula is C19H34N2O. The molecule has 2 saturated heterocycles. The van der Waals surface area contributed by atoms with Gasteiger partial charge in [-0.3, -0.25) is 4.79 Å². The SMILES string of the molecule is CC(=O)N1CCCC[C@@H]1C[C@@H]1C[C@@H](C)C[C@@H]2[C@H]1CCCN2C. The van der Waals surface area contributed by atoms with Gasteiger partial charge in [-0.25, -0.2) is 0 Å². The second-order valence-electron chi connectivity index (χ2n) is 8.29. The molecule has 0 radical (unpaired) electrons. The predicted molar refractivity (Wildman–Crippen MR) is 90.7 cm³/mol. The van der Waals surface area contributed by atoms with E-state index in [2.05, 4.69) is 23.8 Å². The molecule has 3 heteroatoms. The monoisotopic (exact) mass is 306 g/mol. The van der Waals surface area contributed by atoms with Crippen molar-refractivity contribution in [2.75, 3.05) is 20.1 Å². The Kier molecular flexibility index (Phi) is 5.11. The number of piperidine rings is 2. The van der Waals surface area contributed by atoms with Crippen molar-refractivity contribution in [1.82, 2.24) is 9.80 Å². The Hall–Kier alpha value is -0.570. The second kappa shape index (κ2) is 6.90. The number of fused-ring (bicyclic) bond motifs is 1. The van der Waals surface area contributed by atoms with Crippen LogP contribution in [0.5, 0.6) is 0 Å². The van der Waals surface area contributed by atoms with Crippen LogP contribution in [-0.4, -0.2) is 47.9 Å². The van der Waals surface area contributed by atoms with Crippen LogP contribution in [0.15, 0.2) is 0 Å². The van der Waals surface area contributed by atoms with Crippen molar-refractivity contribution in [2.24, 2.45) is 17.8 Å². The van der Waals surface area contributed by atoms with Crippen LogP contribution in [0.2, 0.25) is 0 Å². The van der Waals surface area contributed by atoms with Crippen molar-refractivity contribution in [3.8, 4) is 0 Å². The van der Waals surface area contributed by atoms with E-state index < -0.39 is 0 Å². The van der Waals surface area contributed by atoms with E-state index in [4.69, 9.17) is 0 Å². The summed E-state index contributed by atoms with van der Waals surface area (Å²) in [4.78, 5) is 16.8. The van der Waals surface area contributed by atoms with Crippen LogP contribution >= 0.6 is 0 Å². The van der Waals surface area contributed by atoms with Gasteiger partial charge in [-0.1, -0.05) is 6.92 Å². The van der Waals surface area contributed by atoms with Gasteiger partial charge in [0, 0.05) is 25.6 Å². The molecule has 1 amide bonds. The third-order valence-corrected chi connectivity index (χ3v) is 6.67. The van der Waals surface area contributed by atoms with Gasteiger partial charge in [0.2, 0.25) is 5.91 Å². The van der Waals surface area contributed by atoms with E-state index in [0.29, 0.717) is 11.9 Å². The number of rotatable bonds is 2. The number of carbonyl (C=O) groups excluding carboxylic acids is 1. The van der Waals surface area contributed by atoms with Gasteiger partial charge in [0.1, 0.15) is 0 Å². The highest BCUT2D eigenvalue weighted by atomic mass is 16.2. The Labute approximate surface area is 136 Å². The lowest BCUT2D eigenvalue weighted by atomic mass is 9.65. The van der Waals surface area contributed by atoms with Crippen molar-refractivity contribution in [2.45, 2.75) is 77.3 Å². The van der Waals surface area contributed by atoms with E-state index in [1.807, 2.05) is 0 Å². The average molecular weight is 306 g/mol. The van der Waals surface area contributed by atoms with E-state index in [1.54, 1.807) is 6.92 Å². The fourth-order valence-corrected chi connectivity index (χ4v) is 5.65. The van der Waals surface area contributed by atoms with E-state index in [9.17, 15) is 4.79 Å². The number of amides is 1. The maximum atomic E-state index is 12.0. The first kappa shape index (κ1) is 16.3. The highest BCUT2D eigenvalue weighted by Crippen LogP contribution is 2.44. The quantitative estimate of drug-likeness (QED) is 0.779. The van der Waals surface area contributed by atoms with Crippen LogP contribution in [-0.2, 0) is 4.79 Å².